The van der Waals surface area contributed by atoms with E-state index in [9.17, 15) is 18.0 Å². The van der Waals surface area contributed by atoms with Gasteiger partial charge in [0.15, 0.2) is 5.82 Å². The van der Waals surface area contributed by atoms with E-state index in [4.69, 9.17) is 27.7 Å². The van der Waals surface area contributed by atoms with E-state index < -0.39 is 15.9 Å². The lowest BCUT2D eigenvalue weighted by molar-refractivity contribution is -0.138. The number of rotatable bonds is 6. The number of sulfonamides is 1. The highest BCUT2D eigenvalue weighted by atomic mass is 35.5. The van der Waals surface area contributed by atoms with Gasteiger partial charge in [0.05, 0.1) is 16.6 Å². The maximum Gasteiger partial charge on any atom is 0.246 e. The molecule has 3 rings (SSSR count). The average molecular weight is 489 g/mol. The van der Waals surface area contributed by atoms with Gasteiger partial charge in [-0.15, -0.1) is 0 Å². The molecule has 1 saturated heterocycles. The van der Waals surface area contributed by atoms with E-state index in [1.165, 1.54) is 28.4 Å². The zero-order valence-corrected chi connectivity index (χ0v) is 19.3. The summed E-state index contributed by atoms with van der Waals surface area (Å²) in [5, 5.41) is 6.34. The number of aromatic nitrogens is 1. The number of hydrogen-bond acceptors (Lipinski definition) is 6. The summed E-state index contributed by atoms with van der Waals surface area (Å²) < 4.78 is 32.1. The minimum atomic E-state index is -3.88. The van der Waals surface area contributed by atoms with Gasteiger partial charge >= 0.3 is 0 Å². The van der Waals surface area contributed by atoms with E-state index >= 15 is 0 Å². The zero-order chi connectivity index (χ0) is 22.8. The summed E-state index contributed by atoms with van der Waals surface area (Å²) in [6, 6.07) is 6.08. The quantitative estimate of drug-likeness (QED) is 0.668. The first-order chi connectivity index (χ1) is 14.6. The van der Waals surface area contributed by atoms with Gasteiger partial charge in [-0.25, -0.2) is 8.42 Å². The number of anilines is 1. The molecule has 0 radical (unpaired) electrons. The van der Waals surface area contributed by atoms with Gasteiger partial charge in [0.25, 0.3) is 0 Å². The number of nitrogens with one attached hydrogen (secondary N) is 1. The molecule has 1 aromatic carbocycles. The normalized spacial score (nSPS) is 15.6. The Balaban J connectivity index is 1.57. The maximum atomic E-state index is 13.0. The Morgan fingerprint density at radius 1 is 1.26 bits per heavy atom. The van der Waals surface area contributed by atoms with E-state index in [1.54, 1.807) is 19.1 Å². The van der Waals surface area contributed by atoms with Crippen LogP contribution in [0.2, 0.25) is 10.0 Å². The number of hydrogen-bond donors (Lipinski definition) is 1. The van der Waals surface area contributed by atoms with E-state index in [0.29, 0.717) is 18.6 Å². The zero-order valence-electron chi connectivity index (χ0n) is 17.0. The van der Waals surface area contributed by atoms with Crippen molar-refractivity contribution >= 4 is 50.9 Å². The molecule has 0 atom stereocenters. The minimum Gasteiger partial charge on any atom is -0.360 e. The summed E-state index contributed by atoms with van der Waals surface area (Å²) in [5.41, 5.74) is 0. The number of aryl methyl sites for hydroxylation is 1. The smallest absolute Gasteiger partial charge is 0.246 e. The first-order valence-corrected chi connectivity index (χ1v) is 11.7. The van der Waals surface area contributed by atoms with Crippen LogP contribution >= 0.6 is 23.2 Å². The Morgan fingerprint density at radius 3 is 2.42 bits per heavy atom. The monoisotopic (exact) mass is 488 g/mol. The van der Waals surface area contributed by atoms with Crippen LogP contribution in [0.5, 0.6) is 0 Å². The Hall–Kier alpha value is -2.14. The van der Waals surface area contributed by atoms with Crippen LogP contribution in [0.15, 0.2) is 33.7 Å². The molecule has 12 heteroatoms. The lowest BCUT2D eigenvalue weighted by Gasteiger charge is -2.32. The third-order valence-corrected chi connectivity index (χ3v) is 7.83. The van der Waals surface area contributed by atoms with Crippen LogP contribution in [0.25, 0.3) is 0 Å². The molecule has 0 bridgehead atoms. The van der Waals surface area contributed by atoms with Crippen molar-refractivity contribution in [2.45, 2.75) is 24.7 Å². The third-order valence-electron chi connectivity index (χ3n) is 4.97. The standard InChI is InChI=1S/C19H22Cl2N4O5S/c1-12-10-16(23-30-12)22-17(26)11-24(2)19(27)13-6-8-25(9-7-13)31(28,29)18-14(20)4-3-5-15(18)21/h3-5,10,13H,6-9,11H2,1-2H3,(H,22,23,26). The van der Waals surface area contributed by atoms with Crippen molar-refractivity contribution in [3.05, 3.63) is 40.1 Å². The van der Waals surface area contributed by atoms with E-state index in [0.717, 1.165) is 0 Å². The SMILES string of the molecule is Cc1cc(NC(=O)CN(C)C(=O)C2CCN(S(=O)(=O)c3c(Cl)cccc3Cl)CC2)no1. The number of halogens is 2. The molecule has 168 valence electrons. The highest BCUT2D eigenvalue weighted by Crippen LogP contribution is 2.33. The fraction of sp³-hybridized carbons (Fsp3) is 0.421. The number of benzene rings is 1. The van der Waals surface area contributed by atoms with Crippen molar-refractivity contribution in [1.29, 1.82) is 0 Å². The number of nitrogens with zero attached hydrogens (tertiary/aromatic N) is 3. The molecule has 0 spiro atoms. The maximum absolute atomic E-state index is 13.0. The number of carbonyl (C=O) groups excluding carboxylic acids is 2. The minimum absolute atomic E-state index is 0.0544. The summed E-state index contributed by atoms with van der Waals surface area (Å²) in [7, 11) is -2.35. The first kappa shape index (κ1) is 23.5. The number of amides is 2. The Morgan fingerprint density at radius 2 is 1.87 bits per heavy atom. The molecule has 2 amide bonds. The van der Waals surface area contributed by atoms with E-state index in [-0.39, 0.29) is 52.2 Å². The number of piperidine rings is 1. The molecule has 1 N–H and O–H groups in total. The molecular weight excluding hydrogens is 467 g/mol. The van der Waals surface area contributed by atoms with Crippen molar-refractivity contribution < 1.29 is 22.5 Å². The van der Waals surface area contributed by atoms with Gasteiger partial charge < -0.3 is 14.7 Å². The summed E-state index contributed by atoms with van der Waals surface area (Å²) in [5.74, 6) is -0.184. The Bertz CT molecular complexity index is 1060. The highest BCUT2D eigenvalue weighted by molar-refractivity contribution is 7.89. The van der Waals surface area contributed by atoms with Crippen LogP contribution < -0.4 is 5.32 Å². The van der Waals surface area contributed by atoms with Crippen LogP contribution in [0.4, 0.5) is 5.82 Å². The lowest BCUT2D eigenvalue weighted by atomic mass is 9.97. The largest absolute Gasteiger partial charge is 0.360 e. The van der Waals surface area contributed by atoms with Crippen LogP contribution in [0.3, 0.4) is 0 Å². The van der Waals surface area contributed by atoms with Gasteiger partial charge in [0, 0.05) is 32.1 Å². The van der Waals surface area contributed by atoms with Gasteiger partial charge in [-0.2, -0.15) is 4.31 Å². The van der Waals surface area contributed by atoms with Crippen molar-refractivity contribution in [1.82, 2.24) is 14.4 Å². The molecule has 0 unspecified atom stereocenters. The average Bonchev–Trinajstić information content (AvgIpc) is 3.11. The van der Waals surface area contributed by atoms with E-state index in [1.807, 2.05) is 0 Å². The van der Waals surface area contributed by atoms with Crippen LogP contribution in [0.1, 0.15) is 18.6 Å². The Labute approximate surface area is 190 Å². The summed E-state index contributed by atoms with van der Waals surface area (Å²) in [6.07, 6.45) is 0.656. The van der Waals surface area contributed by atoms with E-state index in [2.05, 4.69) is 10.5 Å². The van der Waals surface area contributed by atoms with Gasteiger partial charge in [0.1, 0.15) is 10.7 Å². The fourth-order valence-electron chi connectivity index (χ4n) is 3.41. The lowest BCUT2D eigenvalue weighted by Crippen LogP contribution is -2.45. The van der Waals surface area contributed by atoms with Gasteiger partial charge in [-0.1, -0.05) is 34.4 Å². The van der Waals surface area contributed by atoms with Crippen LogP contribution in [0, 0.1) is 12.8 Å². The molecule has 31 heavy (non-hydrogen) atoms. The van der Waals surface area contributed by atoms with Crippen molar-refractivity contribution in [3.8, 4) is 0 Å². The Kier molecular flexibility index (Phi) is 7.25. The van der Waals surface area contributed by atoms with Gasteiger partial charge in [0.2, 0.25) is 21.8 Å². The molecule has 1 aliphatic rings. The molecule has 0 saturated carbocycles. The molecule has 1 aliphatic heterocycles. The molecule has 2 aromatic rings. The van der Waals surface area contributed by atoms with Crippen LogP contribution in [-0.4, -0.2) is 61.3 Å². The fourth-order valence-corrected chi connectivity index (χ4v) is 5.97. The molecular formula is C19H22Cl2N4O5S. The number of carbonyl (C=O) groups is 2. The number of likely N-dealkylation sites (N-methyl/N-ethyl adjacent to an activating group) is 1. The second kappa shape index (κ2) is 9.56. The van der Waals surface area contributed by atoms with Crippen molar-refractivity contribution in [2.75, 3.05) is 32.0 Å². The van der Waals surface area contributed by atoms with Gasteiger partial charge in [-0.3, -0.25) is 9.59 Å². The molecule has 9 nitrogen and oxygen atoms in total. The summed E-state index contributed by atoms with van der Waals surface area (Å²) >= 11 is 12.1. The predicted molar refractivity (Wildman–Crippen MR) is 115 cm³/mol. The topological polar surface area (TPSA) is 113 Å². The van der Waals surface area contributed by atoms with Crippen molar-refractivity contribution in [2.24, 2.45) is 5.92 Å². The second-order valence-corrected chi connectivity index (χ2v) is 9.98. The summed E-state index contributed by atoms with van der Waals surface area (Å²) in [6.45, 7) is 1.85. The molecule has 2 heterocycles. The van der Waals surface area contributed by atoms with Crippen molar-refractivity contribution in [3.63, 3.8) is 0 Å². The van der Waals surface area contributed by atoms with Gasteiger partial charge in [-0.05, 0) is 31.9 Å². The molecule has 1 fully saturated rings. The first-order valence-electron chi connectivity index (χ1n) is 9.52. The molecule has 1 aromatic heterocycles. The predicted octanol–water partition coefficient (Wildman–Crippen LogP) is 2.79. The second-order valence-electron chi connectivity index (χ2n) is 7.29. The van der Waals surface area contributed by atoms with Crippen LogP contribution in [-0.2, 0) is 19.6 Å². The summed E-state index contributed by atoms with van der Waals surface area (Å²) in [4.78, 5) is 26.0. The third kappa shape index (κ3) is 5.38. The molecule has 0 aliphatic carbocycles. The highest BCUT2D eigenvalue weighted by Gasteiger charge is 2.35.